The molecule has 0 saturated heterocycles. The van der Waals surface area contributed by atoms with Crippen molar-refractivity contribution in [3.05, 3.63) is 64.0 Å². The van der Waals surface area contributed by atoms with Crippen LogP contribution >= 0.6 is 0 Å². The quantitative estimate of drug-likeness (QED) is 0.557. The van der Waals surface area contributed by atoms with Gasteiger partial charge in [-0.05, 0) is 57.2 Å². The Morgan fingerprint density at radius 1 is 1.03 bits per heavy atom. The summed E-state index contributed by atoms with van der Waals surface area (Å²) in [7, 11) is 0. The zero-order valence-electron chi connectivity index (χ0n) is 16.3. The highest BCUT2D eigenvalue weighted by Crippen LogP contribution is 2.27. The Bertz CT molecular complexity index is 1110. The molecule has 0 fully saturated rings. The van der Waals surface area contributed by atoms with Gasteiger partial charge >= 0.3 is 5.97 Å². The number of aryl methyl sites for hydroxylation is 1. The molecule has 0 bridgehead atoms. The maximum Gasteiger partial charge on any atom is 0.338 e. The molecule has 0 radical (unpaired) electrons. The Morgan fingerprint density at radius 3 is 2.38 bits per heavy atom. The molecule has 0 aliphatic rings. The fourth-order valence-corrected chi connectivity index (χ4v) is 2.65. The molecule has 0 amide bonds. The van der Waals surface area contributed by atoms with E-state index < -0.39 is 5.97 Å². The second-order valence-corrected chi connectivity index (χ2v) is 6.31. The number of hydrogen-bond acceptors (Lipinski definition) is 7. The van der Waals surface area contributed by atoms with Crippen molar-refractivity contribution in [2.75, 3.05) is 13.2 Å². The molecule has 2 aromatic carbocycles. The molecule has 3 aromatic rings. The summed E-state index contributed by atoms with van der Waals surface area (Å²) in [6.07, 6.45) is 0. The predicted molar refractivity (Wildman–Crippen MR) is 106 cm³/mol. The lowest BCUT2D eigenvalue weighted by molar-refractivity contribution is -0.118. The third-order valence-electron chi connectivity index (χ3n) is 4.01. The van der Waals surface area contributed by atoms with Crippen LogP contribution in [0.4, 0.5) is 0 Å². The molecule has 29 heavy (non-hydrogen) atoms. The van der Waals surface area contributed by atoms with Crippen LogP contribution in [0, 0.1) is 6.92 Å². The van der Waals surface area contributed by atoms with E-state index in [0.29, 0.717) is 33.8 Å². The van der Waals surface area contributed by atoms with Crippen LogP contribution in [0.2, 0.25) is 0 Å². The van der Waals surface area contributed by atoms with Gasteiger partial charge in [0.05, 0.1) is 17.6 Å². The number of ether oxygens (including phenoxy) is 3. The normalized spacial score (nSPS) is 10.6. The summed E-state index contributed by atoms with van der Waals surface area (Å²) < 4.78 is 21.7. The topological polar surface area (TPSA) is 92.0 Å². The summed E-state index contributed by atoms with van der Waals surface area (Å²) in [5.41, 5.74) is 0.384. The first-order valence-corrected chi connectivity index (χ1v) is 9.03. The van der Waals surface area contributed by atoms with E-state index in [9.17, 15) is 14.4 Å². The lowest BCUT2D eigenvalue weighted by Gasteiger charge is -2.10. The van der Waals surface area contributed by atoms with E-state index in [0.717, 1.165) is 0 Å². The highest BCUT2D eigenvalue weighted by atomic mass is 16.5. The van der Waals surface area contributed by atoms with Gasteiger partial charge in [-0.25, -0.2) is 4.79 Å². The van der Waals surface area contributed by atoms with Gasteiger partial charge < -0.3 is 18.6 Å². The van der Waals surface area contributed by atoms with Crippen LogP contribution in [0.1, 0.15) is 30.0 Å². The smallest absolute Gasteiger partial charge is 0.338 e. The van der Waals surface area contributed by atoms with Crippen LogP contribution in [0.3, 0.4) is 0 Å². The molecule has 0 unspecified atom stereocenters. The van der Waals surface area contributed by atoms with Crippen molar-refractivity contribution < 1.29 is 28.2 Å². The van der Waals surface area contributed by atoms with Crippen LogP contribution < -0.4 is 14.9 Å². The summed E-state index contributed by atoms with van der Waals surface area (Å²) in [5.74, 6) is 0.621. The molecule has 0 aliphatic heterocycles. The van der Waals surface area contributed by atoms with E-state index in [1.165, 1.54) is 6.92 Å². The van der Waals surface area contributed by atoms with Crippen LogP contribution in [-0.2, 0) is 9.53 Å². The Labute approximate surface area is 166 Å². The monoisotopic (exact) mass is 396 g/mol. The number of Topliss-reactive ketones (excluding diaryl/α,β-unsaturated/α-hetero) is 1. The molecular weight excluding hydrogens is 376 g/mol. The second-order valence-electron chi connectivity index (χ2n) is 6.31. The molecule has 7 nitrogen and oxygen atoms in total. The lowest BCUT2D eigenvalue weighted by Crippen LogP contribution is -2.09. The SMILES string of the molecule is CCOC(=O)c1ccc(Oc2c(C)oc3cc(OCC(C)=O)ccc3c2=O)cc1. The Hall–Kier alpha value is -3.61. The van der Waals surface area contributed by atoms with Gasteiger partial charge in [0.1, 0.15) is 29.4 Å². The second kappa shape index (κ2) is 8.60. The highest BCUT2D eigenvalue weighted by Gasteiger charge is 2.15. The number of esters is 1. The van der Waals surface area contributed by atoms with Crippen molar-refractivity contribution in [1.29, 1.82) is 0 Å². The van der Waals surface area contributed by atoms with E-state index in [1.54, 1.807) is 56.3 Å². The van der Waals surface area contributed by atoms with Gasteiger partial charge in [0.2, 0.25) is 11.2 Å². The van der Waals surface area contributed by atoms with Crippen molar-refractivity contribution in [3.63, 3.8) is 0 Å². The van der Waals surface area contributed by atoms with Gasteiger partial charge in [-0.15, -0.1) is 0 Å². The largest absolute Gasteiger partial charge is 0.486 e. The van der Waals surface area contributed by atoms with Crippen LogP contribution in [0.5, 0.6) is 17.2 Å². The van der Waals surface area contributed by atoms with Gasteiger partial charge in [-0.3, -0.25) is 9.59 Å². The molecule has 0 saturated carbocycles. The summed E-state index contributed by atoms with van der Waals surface area (Å²) in [5, 5.41) is 0.323. The summed E-state index contributed by atoms with van der Waals surface area (Å²) in [6, 6.07) is 11.0. The summed E-state index contributed by atoms with van der Waals surface area (Å²) in [4.78, 5) is 35.6. The number of fused-ring (bicyclic) bond motifs is 1. The lowest BCUT2D eigenvalue weighted by atomic mass is 10.2. The van der Waals surface area contributed by atoms with Gasteiger partial charge in [0, 0.05) is 6.07 Å². The van der Waals surface area contributed by atoms with Crippen molar-refractivity contribution in [2.24, 2.45) is 0 Å². The summed E-state index contributed by atoms with van der Waals surface area (Å²) >= 11 is 0. The van der Waals surface area contributed by atoms with Crippen molar-refractivity contribution in [3.8, 4) is 17.2 Å². The Morgan fingerprint density at radius 2 is 1.72 bits per heavy atom. The van der Waals surface area contributed by atoms with Crippen molar-refractivity contribution in [1.82, 2.24) is 0 Å². The molecule has 7 heteroatoms. The maximum absolute atomic E-state index is 12.8. The van der Waals surface area contributed by atoms with Gasteiger partial charge in [-0.1, -0.05) is 0 Å². The van der Waals surface area contributed by atoms with Gasteiger partial charge in [0.15, 0.2) is 5.78 Å². The number of rotatable bonds is 7. The highest BCUT2D eigenvalue weighted by molar-refractivity contribution is 5.89. The fraction of sp³-hybridized carbons (Fsp3) is 0.227. The van der Waals surface area contributed by atoms with Gasteiger partial charge in [0.25, 0.3) is 0 Å². The predicted octanol–water partition coefficient (Wildman–Crippen LogP) is 4.04. The van der Waals surface area contributed by atoms with Crippen LogP contribution in [0.15, 0.2) is 51.7 Å². The Kier molecular flexibility index (Phi) is 5.97. The molecule has 0 N–H and O–H groups in total. The van der Waals surface area contributed by atoms with Crippen LogP contribution in [-0.4, -0.2) is 25.0 Å². The number of ketones is 1. The van der Waals surface area contributed by atoms with Crippen molar-refractivity contribution >= 4 is 22.7 Å². The zero-order chi connectivity index (χ0) is 21.0. The van der Waals surface area contributed by atoms with E-state index in [4.69, 9.17) is 18.6 Å². The summed E-state index contributed by atoms with van der Waals surface area (Å²) in [6.45, 7) is 5.00. The average Bonchev–Trinajstić information content (AvgIpc) is 2.70. The average molecular weight is 396 g/mol. The minimum atomic E-state index is -0.428. The van der Waals surface area contributed by atoms with E-state index in [1.807, 2.05) is 0 Å². The van der Waals surface area contributed by atoms with Gasteiger partial charge in [-0.2, -0.15) is 0 Å². The first-order valence-electron chi connectivity index (χ1n) is 9.03. The number of hydrogen-bond donors (Lipinski definition) is 0. The molecule has 1 heterocycles. The maximum atomic E-state index is 12.8. The Balaban J connectivity index is 1.88. The first kappa shape index (κ1) is 20.1. The van der Waals surface area contributed by atoms with E-state index in [2.05, 4.69) is 0 Å². The number of benzene rings is 2. The standard InChI is InChI=1S/C22H20O7/c1-4-26-22(25)15-5-7-16(8-6-15)29-21-14(3)28-19-11-17(27-12-13(2)23)9-10-18(19)20(21)24/h5-11H,4,12H2,1-3H3. The van der Waals surface area contributed by atoms with E-state index in [-0.39, 0.29) is 30.2 Å². The first-order chi connectivity index (χ1) is 13.9. The molecule has 0 atom stereocenters. The molecular formula is C22H20O7. The van der Waals surface area contributed by atoms with Crippen LogP contribution in [0.25, 0.3) is 11.0 Å². The zero-order valence-corrected chi connectivity index (χ0v) is 16.3. The van der Waals surface area contributed by atoms with E-state index >= 15 is 0 Å². The third kappa shape index (κ3) is 4.63. The van der Waals surface area contributed by atoms with Crippen molar-refractivity contribution in [2.45, 2.75) is 20.8 Å². The minimum absolute atomic E-state index is 0.0544. The molecule has 0 spiro atoms. The number of carbonyl (C=O) groups is 2. The molecule has 150 valence electrons. The fourth-order valence-electron chi connectivity index (χ4n) is 2.65. The number of carbonyl (C=O) groups excluding carboxylic acids is 2. The minimum Gasteiger partial charge on any atom is -0.486 e. The third-order valence-corrected chi connectivity index (χ3v) is 4.01. The molecule has 0 aliphatic carbocycles. The molecule has 3 rings (SSSR count). The molecule has 1 aromatic heterocycles.